The van der Waals surface area contributed by atoms with E-state index in [1.165, 1.54) is 0 Å². The lowest BCUT2D eigenvalue weighted by molar-refractivity contribution is 0.415. The monoisotopic (exact) mass is 384 g/mol. The molecule has 4 N–H and O–H groups in total. The first kappa shape index (κ1) is 18.4. The number of nitrogen functional groups attached to an aromatic ring is 1. The summed E-state index contributed by atoms with van der Waals surface area (Å²) in [6.07, 6.45) is 3.32. The van der Waals surface area contributed by atoms with Crippen molar-refractivity contribution in [2.24, 2.45) is 11.7 Å². The van der Waals surface area contributed by atoms with E-state index in [0.29, 0.717) is 33.7 Å². The number of nitrogens with two attached hydrogens (primary N) is 2. The number of hydrogen-bond donors (Lipinski definition) is 2. The van der Waals surface area contributed by atoms with Crippen molar-refractivity contribution in [3.05, 3.63) is 33.0 Å². The molecule has 2 unspecified atom stereocenters. The molecule has 1 aliphatic heterocycles. The number of ether oxygens (including phenoxy) is 1. The second-order valence-corrected chi connectivity index (χ2v) is 7.65. The Morgan fingerprint density at radius 3 is 2.71 bits per heavy atom. The molecule has 148 valence electrons. The molecule has 0 radical (unpaired) electrons. The van der Waals surface area contributed by atoms with Crippen molar-refractivity contribution in [2.75, 3.05) is 30.9 Å². The zero-order valence-corrected chi connectivity index (χ0v) is 15.8. The number of nitriles is 1. The van der Waals surface area contributed by atoms with Gasteiger partial charge in [-0.3, -0.25) is 9.36 Å². The van der Waals surface area contributed by atoms with E-state index < -0.39 is 17.3 Å². The van der Waals surface area contributed by atoms with E-state index in [9.17, 15) is 9.59 Å². The first-order valence-corrected chi connectivity index (χ1v) is 9.49. The largest absolute Gasteiger partial charge is 0.492 e. The fraction of sp³-hybridized carbons (Fsp3) is 0.526. The predicted octanol–water partition coefficient (Wildman–Crippen LogP) is 0.288. The lowest BCUT2D eigenvalue weighted by Gasteiger charge is -2.24. The van der Waals surface area contributed by atoms with Gasteiger partial charge in [0, 0.05) is 19.1 Å². The summed E-state index contributed by atoms with van der Waals surface area (Å²) < 4.78 is 7.98. The lowest BCUT2D eigenvalue weighted by Crippen LogP contribution is -2.44. The van der Waals surface area contributed by atoms with Gasteiger partial charge in [0.05, 0.1) is 30.3 Å². The first-order chi connectivity index (χ1) is 13.5. The van der Waals surface area contributed by atoms with Crippen LogP contribution in [0.5, 0.6) is 5.75 Å². The highest BCUT2D eigenvalue weighted by Crippen LogP contribution is 2.42. The van der Waals surface area contributed by atoms with Crippen LogP contribution in [-0.4, -0.2) is 35.5 Å². The van der Waals surface area contributed by atoms with Crippen molar-refractivity contribution in [3.63, 3.8) is 0 Å². The standard InChI is InChI=1S/C19H24N6O3/c1-28-17-15(23-7-6-11(10-23)8-12(21)9-20)5-4-14-16(17)24(13-2-3-13)19(27)25(22)18(14)26/h4-5,11-13H,2-3,6-8,10,21-22H2,1H3. The molecule has 2 atom stereocenters. The summed E-state index contributed by atoms with van der Waals surface area (Å²) in [4.78, 5) is 27.4. The van der Waals surface area contributed by atoms with E-state index in [1.54, 1.807) is 17.7 Å². The maximum absolute atomic E-state index is 12.7. The van der Waals surface area contributed by atoms with Gasteiger partial charge in [-0.2, -0.15) is 9.94 Å². The smallest absolute Gasteiger partial charge is 0.350 e. The molecule has 9 nitrogen and oxygen atoms in total. The highest BCUT2D eigenvalue weighted by atomic mass is 16.5. The fourth-order valence-corrected chi connectivity index (χ4v) is 4.18. The molecule has 28 heavy (non-hydrogen) atoms. The van der Waals surface area contributed by atoms with Gasteiger partial charge in [-0.15, -0.1) is 0 Å². The van der Waals surface area contributed by atoms with Crippen LogP contribution in [-0.2, 0) is 0 Å². The molecule has 1 aromatic heterocycles. The molecular formula is C19H24N6O3. The summed E-state index contributed by atoms with van der Waals surface area (Å²) in [5.74, 6) is 6.56. The van der Waals surface area contributed by atoms with Gasteiger partial charge in [-0.1, -0.05) is 0 Å². The highest BCUT2D eigenvalue weighted by molar-refractivity contribution is 5.90. The number of benzene rings is 1. The molecule has 1 saturated carbocycles. The van der Waals surface area contributed by atoms with Gasteiger partial charge in [0.2, 0.25) is 0 Å². The minimum Gasteiger partial charge on any atom is -0.492 e. The van der Waals surface area contributed by atoms with Crippen molar-refractivity contribution in [3.8, 4) is 11.8 Å². The van der Waals surface area contributed by atoms with Gasteiger partial charge in [0.15, 0.2) is 5.75 Å². The number of anilines is 1. The topological polar surface area (TPSA) is 132 Å². The van der Waals surface area contributed by atoms with Gasteiger partial charge in [-0.05, 0) is 43.7 Å². The van der Waals surface area contributed by atoms with E-state index in [0.717, 1.165) is 38.0 Å². The Labute approximate surface area is 161 Å². The molecule has 2 aliphatic rings. The number of methoxy groups -OCH3 is 1. The molecule has 1 saturated heterocycles. The first-order valence-electron chi connectivity index (χ1n) is 9.49. The van der Waals surface area contributed by atoms with E-state index in [-0.39, 0.29) is 6.04 Å². The molecule has 2 heterocycles. The summed E-state index contributed by atoms with van der Waals surface area (Å²) in [5.41, 5.74) is 6.09. The molecule has 4 rings (SSSR count). The molecule has 0 amide bonds. The Morgan fingerprint density at radius 2 is 2.07 bits per heavy atom. The van der Waals surface area contributed by atoms with E-state index >= 15 is 0 Å². The van der Waals surface area contributed by atoms with Gasteiger partial charge in [0.1, 0.15) is 5.52 Å². The third kappa shape index (κ3) is 2.90. The van der Waals surface area contributed by atoms with Crippen LogP contribution in [0.25, 0.3) is 10.9 Å². The van der Waals surface area contributed by atoms with Crippen molar-refractivity contribution in [2.45, 2.75) is 37.8 Å². The average Bonchev–Trinajstić information content (AvgIpc) is 3.43. The number of rotatable bonds is 5. The second kappa shape index (κ2) is 6.87. The van der Waals surface area contributed by atoms with Gasteiger partial charge in [0.25, 0.3) is 5.56 Å². The zero-order chi connectivity index (χ0) is 20.0. The van der Waals surface area contributed by atoms with Gasteiger partial charge in [-0.25, -0.2) is 4.79 Å². The number of nitrogens with zero attached hydrogens (tertiary/aromatic N) is 4. The summed E-state index contributed by atoms with van der Waals surface area (Å²) in [6, 6.07) is 5.21. The van der Waals surface area contributed by atoms with Crippen LogP contribution in [0.15, 0.2) is 21.7 Å². The number of hydrogen-bond acceptors (Lipinski definition) is 7. The van der Waals surface area contributed by atoms with Crippen LogP contribution in [0.3, 0.4) is 0 Å². The maximum Gasteiger partial charge on any atom is 0.350 e. The molecular weight excluding hydrogens is 360 g/mol. The van der Waals surface area contributed by atoms with Crippen LogP contribution in [0.4, 0.5) is 5.69 Å². The normalized spacial score (nSPS) is 20.3. The molecule has 0 spiro atoms. The van der Waals surface area contributed by atoms with Crippen LogP contribution >= 0.6 is 0 Å². The Hall–Kier alpha value is -2.99. The molecule has 1 aliphatic carbocycles. The van der Waals surface area contributed by atoms with Crippen LogP contribution in [0.2, 0.25) is 0 Å². The summed E-state index contributed by atoms with van der Waals surface area (Å²) in [5, 5.41) is 9.33. The molecule has 0 bridgehead atoms. The Balaban J connectivity index is 1.83. The number of aromatic nitrogens is 2. The zero-order valence-electron chi connectivity index (χ0n) is 15.8. The molecule has 1 aromatic carbocycles. The van der Waals surface area contributed by atoms with Crippen molar-refractivity contribution < 1.29 is 4.74 Å². The average molecular weight is 384 g/mol. The molecule has 2 fully saturated rings. The third-order valence-electron chi connectivity index (χ3n) is 5.71. The van der Waals surface area contributed by atoms with Crippen molar-refractivity contribution in [1.82, 2.24) is 9.24 Å². The van der Waals surface area contributed by atoms with Gasteiger partial charge >= 0.3 is 5.69 Å². The van der Waals surface area contributed by atoms with E-state index in [4.69, 9.17) is 21.6 Å². The molecule has 2 aromatic rings. The quantitative estimate of drug-likeness (QED) is 0.708. The summed E-state index contributed by atoms with van der Waals surface area (Å²) >= 11 is 0. The third-order valence-corrected chi connectivity index (χ3v) is 5.71. The van der Waals surface area contributed by atoms with Crippen LogP contribution in [0.1, 0.15) is 31.7 Å². The van der Waals surface area contributed by atoms with Crippen LogP contribution < -0.4 is 32.5 Å². The van der Waals surface area contributed by atoms with Crippen molar-refractivity contribution in [1.29, 1.82) is 5.26 Å². The van der Waals surface area contributed by atoms with E-state index in [1.807, 2.05) is 6.07 Å². The number of fused-ring (bicyclic) bond motifs is 1. The lowest BCUT2D eigenvalue weighted by atomic mass is 10.0. The highest BCUT2D eigenvalue weighted by Gasteiger charge is 2.32. The Kier molecular flexibility index (Phi) is 4.51. The maximum atomic E-state index is 12.7. The predicted molar refractivity (Wildman–Crippen MR) is 106 cm³/mol. The van der Waals surface area contributed by atoms with Crippen molar-refractivity contribution >= 4 is 16.6 Å². The second-order valence-electron chi connectivity index (χ2n) is 7.65. The summed E-state index contributed by atoms with van der Waals surface area (Å²) in [6.45, 7) is 1.55. The summed E-state index contributed by atoms with van der Waals surface area (Å²) in [7, 11) is 1.55. The fourth-order valence-electron chi connectivity index (χ4n) is 4.18. The Morgan fingerprint density at radius 1 is 1.32 bits per heavy atom. The minimum absolute atomic E-state index is 0.0366. The SMILES string of the molecule is COc1c(N2CCC(CC(N)C#N)C2)ccc2c(=O)n(N)c(=O)n(C3CC3)c12. The molecule has 9 heteroatoms. The van der Waals surface area contributed by atoms with E-state index in [2.05, 4.69) is 11.0 Å². The minimum atomic E-state index is -0.527. The van der Waals surface area contributed by atoms with Crippen LogP contribution in [0, 0.1) is 17.2 Å². The van der Waals surface area contributed by atoms with Gasteiger partial charge < -0.3 is 21.2 Å². The Bertz CT molecular complexity index is 1080.